The standard InChI is InChI=1S/C22H16ClN3O3/c23-15-11-9-14(10-12-15)22(29)25-24-20(27)13-26-18-7-3-1-5-16(18)21(28)17-6-2-4-8-19(17)26/h1-12H,13H2,(H,24,27)(H,25,29). The summed E-state index contributed by atoms with van der Waals surface area (Å²) in [7, 11) is 0. The van der Waals surface area contributed by atoms with E-state index in [1.807, 2.05) is 12.1 Å². The van der Waals surface area contributed by atoms with E-state index in [0.29, 0.717) is 32.4 Å². The number of pyridine rings is 1. The van der Waals surface area contributed by atoms with E-state index in [2.05, 4.69) is 10.9 Å². The summed E-state index contributed by atoms with van der Waals surface area (Å²) in [5.74, 6) is -0.879. The van der Waals surface area contributed by atoms with E-state index < -0.39 is 11.8 Å². The van der Waals surface area contributed by atoms with Crippen LogP contribution in [0, 0.1) is 0 Å². The van der Waals surface area contributed by atoms with Crippen LogP contribution < -0.4 is 16.3 Å². The van der Waals surface area contributed by atoms with Crippen molar-refractivity contribution in [3.05, 3.63) is 93.6 Å². The van der Waals surface area contributed by atoms with Gasteiger partial charge in [-0.1, -0.05) is 35.9 Å². The monoisotopic (exact) mass is 405 g/mol. The van der Waals surface area contributed by atoms with Crippen molar-refractivity contribution in [1.82, 2.24) is 15.4 Å². The summed E-state index contributed by atoms with van der Waals surface area (Å²) >= 11 is 5.81. The van der Waals surface area contributed by atoms with E-state index in [4.69, 9.17) is 11.6 Å². The summed E-state index contributed by atoms with van der Waals surface area (Å²) in [5, 5.41) is 1.58. The second kappa shape index (κ2) is 7.77. The Bertz CT molecular complexity index is 1240. The minimum Gasteiger partial charge on any atom is -0.331 e. The van der Waals surface area contributed by atoms with E-state index in [0.717, 1.165) is 0 Å². The van der Waals surface area contributed by atoms with E-state index in [-0.39, 0.29) is 12.0 Å². The Balaban J connectivity index is 1.61. The number of nitrogens with zero attached hydrogens (tertiary/aromatic N) is 1. The van der Waals surface area contributed by atoms with Gasteiger partial charge >= 0.3 is 0 Å². The summed E-state index contributed by atoms with van der Waals surface area (Å²) in [6.45, 7) is -0.0673. The molecule has 0 saturated carbocycles. The first kappa shape index (κ1) is 18.7. The third kappa shape index (κ3) is 3.70. The number of amides is 2. The van der Waals surface area contributed by atoms with Crippen molar-refractivity contribution < 1.29 is 9.59 Å². The second-order valence-corrected chi connectivity index (χ2v) is 6.90. The molecule has 0 atom stereocenters. The van der Waals surface area contributed by atoms with Crippen LogP contribution in [0.5, 0.6) is 0 Å². The molecule has 7 heteroatoms. The van der Waals surface area contributed by atoms with E-state index in [1.54, 1.807) is 65.2 Å². The Morgan fingerprint density at radius 1 is 0.793 bits per heavy atom. The minimum absolute atomic E-state index is 0.0673. The molecule has 2 amide bonds. The lowest BCUT2D eigenvalue weighted by molar-refractivity contribution is -0.122. The Kier molecular flexibility index (Phi) is 5.01. The number of hydrogen-bond donors (Lipinski definition) is 2. The Hall–Kier alpha value is -3.64. The molecule has 1 aromatic heterocycles. The van der Waals surface area contributed by atoms with Crippen molar-refractivity contribution in [3.63, 3.8) is 0 Å². The van der Waals surface area contributed by atoms with Crippen molar-refractivity contribution in [2.24, 2.45) is 0 Å². The summed E-state index contributed by atoms with van der Waals surface area (Å²) in [6, 6.07) is 20.6. The van der Waals surface area contributed by atoms with Gasteiger partial charge in [0.1, 0.15) is 6.54 Å². The summed E-state index contributed by atoms with van der Waals surface area (Å²) in [4.78, 5) is 37.4. The highest BCUT2D eigenvalue weighted by Crippen LogP contribution is 2.18. The SMILES string of the molecule is O=C(Cn1c2ccccc2c(=O)c2ccccc21)NNC(=O)c1ccc(Cl)cc1. The lowest BCUT2D eigenvalue weighted by atomic mass is 10.1. The van der Waals surface area contributed by atoms with Crippen LogP contribution in [0.3, 0.4) is 0 Å². The van der Waals surface area contributed by atoms with Gasteiger partial charge in [-0.2, -0.15) is 0 Å². The molecule has 0 bridgehead atoms. The van der Waals surface area contributed by atoms with Crippen molar-refractivity contribution in [1.29, 1.82) is 0 Å². The summed E-state index contributed by atoms with van der Waals surface area (Å²) in [5.41, 5.74) is 6.39. The zero-order valence-electron chi connectivity index (χ0n) is 15.2. The number of halogens is 1. The molecule has 2 N–H and O–H groups in total. The van der Waals surface area contributed by atoms with E-state index in [9.17, 15) is 14.4 Å². The molecule has 1 heterocycles. The molecule has 0 unspecified atom stereocenters. The molecule has 0 aliphatic rings. The van der Waals surface area contributed by atoms with Gasteiger partial charge in [0.15, 0.2) is 5.43 Å². The van der Waals surface area contributed by atoms with Crippen molar-refractivity contribution in [2.75, 3.05) is 0 Å². The average Bonchev–Trinajstić information content (AvgIpc) is 2.75. The molecule has 29 heavy (non-hydrogen) atoms. The van der Waals surface area contributed by atoms with Crippen molar-refractivity contribution in [3.8, 4) is 0 Å². The van der Waals surface area contributed by atoms with Crippen LogP contribution in [0.2, 0.25) is 5.02 Å². The number of hydrazine groups is 1. The van der Waals surface area contributed by atoms with E-state index in [1.165, 1.54) is 0 Å². The van der Waals surface area contributed by atoms with Gasteiger partial charge in [-0.05, 0) is 48.5 Å². The molecule has 3 aromatic carbocycles. The number of carbonyl (C=O) groups is 2. The van der Waals surface area contributed by atoms with Crippen molar-refractivity contribution >= 4 is 45.2 Å². The lowest BCUT2D eigenvalue weighted by Gasteiger charge is -2.15. The molecule has 0 radical (unpaired) electrons. The van der Waals surface area contributed by atoms with Crippen LogP contribution in [0.1, 0.15) is 10.4 Å². The molecule has 0 saturated heterocycles. The van der Waals surface area contributed by atoms with Crippen LogP contribution in [0.4, 0.5) is 0 Å². The molecule has 0 fully saturated rings. The number of fused-ring (bicyclic) bond motifs is 2. The first-order valence-corrected chi connectivity index (χ1v) is 9.27. The molecule has 144 valence electrons. The quantitative estimate of drug-likeness (QED) is 0.405. The molecular weight excluding hydrogens is 390 g/mol. The van der Waals surface area contributed by atoms with Gasteiger partial charge in [0.05, 0.1) is 11.0 Å². The van der Waals surface area contributed by atoms with Crippen LogP contribution in [-0.2, 0) is 11.3 Å². The van der Waals surface area contributed by atoms with Gasteiger partial charge < -0.3 is 4.57 Å². The zero-order chi connectivity index (χ0) is 20.4. The lowest BCUT2D eigenvalue weighted by Crippen LogP contribution is -2.43. The highest BCUT2D eigenvalue weighted by atomic mass is 35.5. The highest BCUT2D eigenvalue weighted by Gasteiger charge is 2.13. The predicted octanol–water partition coefficient (Wildman–Crippen LogP) is 3.27. The van der Waals surface area contributed by atoms with Crippen molar-refractivity contribution in [2.45, 2.75) is 6.54 Å². The van der Waals surface area contributed by atoms with Crippen LogP contribution in [0.25, 0.3) is 21.8 Å². The first-order valence-electron chi connectivity index (χ1n) is 8.89. The van der Waals surface area contributed by atoms with Gasteiger partial charge in [-0.15, -0.1) is 0 Å². The molecule has 0 aliphatic carbocycles. The molecule has 0 aliphatic heterocycles. The van der Waals surface area contributed by atoms with Gasteiger partial charge in [0, 0.05) is 21.4 Å². The fraction of sp³-hybridized carbons (Fsp3) is 0.0455. The van der Waals surface area contributed by atoms with Crippen LogP contribution >= 0.6 is 11.6 Å². The van der Waals surface area contributed by atoms with Crippen LogP contribution in [-0.4, -0.2) is 16.4 Å². The molecule has 6 nitrogen and oxygen atoms in total. The number of benzene rings is 3. The van der Waals surface area contributed by atoms with E-state index >= 15 is 0 Å². The normalized spacial score (nSPS) is 10.8. The third-order valence-electron chi connectivity index (χ3n) is 4.60. The zero-order valence-corrected chi connectivity index (χ0v) is 15.9. The van der Waals surface area contributed by atoms with Gasteiger partial charge in [-0.25, -0.2) is 0 Å². The Labute approximate surface area is 170 Å². The first-order chi connectivity index (χ1) is 14.0. The topological polar surface area (TPSA) is 80.2 Å². The summed E-state index contributed by atoms with van der Waals surface area (Å²) in [6.07, 6.45) is 0. The Morgan fingerprint density at radius 3 is 1.93 bits per heavy atom. The number of hydrogen-bond acceptors (Lipinski definition) is 3. The van der Waals surface area contributed by atoms with Gasteiger partial charge in [0.25, 0.3) is 11.8 Å². The largest absolute Gasteiger partial charge is 0.331 e. The maximum absolute atomic E-state index is 12.7. The molecular formula is C22H16ClN3O3. The Morgan fingerprint density at radius 2 is 1.34 bits per heavy atom. The second-order valence-electron chi connectivity index (χ2n) is 6.46. The average molecular weight is 406 g/mol. The molecule has 4 aromatic rings. The van der Waals surface area contributed by atoms with Crippen LogP contribution in [0.15, 0.2) is 77.6 Å². The van der Waals surface area contributed by atoms with Gasteiger partial charge in [0.2, 0.25) is 0 Å². The maximum Gasteiger partial charge on any atom is 0.269 e. The maximum atomic E-state index is 12.7. The highest BCUT2D eigenvalue weighted by molar-refractivity contribution is 6.30. The number of carbonyl (C=O) groups excluding carboxylic acids is 2. The fourth-order valence-electron chi connectivity index (χ4n) is 3.23. The molecule has 0 spiro atoms. The molecule has 4 rings (SSSR count). The number of rotatable bonds is 3. The summed E-state index contributed by atoms with van der Waals surface area (Å²) < 4.78 is 1.76. The number of aromatic nitrogens is 1. The third-order valence-corrected chi connectivity index (χ3v) is 4.85. The number of para-hydroxylation sites is 2. The number of nitrogens with one attached hydrogen (secondary N) is 2. The van der Waals surface area contributed by atoms with Gasteiger partial charge in [-0.3, -0.25) is 25.2 Å². The smallest absolute Gasteiger partial charge is 0.269 e. The fourth-order valence-corrected chi connectivity index (χ4v) is 3.36. The minimum atomic E-state index is -0.454. The predicted molar refractivity (Wildman–Crippen MR) is 113 cm³/mol.